The number of hydrogen-bond donors (Lipinski definition) is 0. The molecule has 0 saturated heterocycles. The number of fused-ring (bicyclic) bond motifs is 9. The molecule has 3 aromatic heterocycles. The molecular formula is C61H50N4. The van der Waals surface area contributed by atoms with Crippen molar-refractivity contribution in [2.45, 2.75) is 45.7 Å². The van der Waals surface area contributed by atoms with Crippen molar-refractivity contribution < 1.29 is 0 Å². The lowest BCUT2D eigenvalue weighted by Gasteiger charge is -2.26. The zero-order chi connectivity index (χ0) is 43.4. The second-order valence-corrected chi connectivity index (χ2v) is 17.4. The Kier molecular flexibility index (Phi) is 9.60. The van der Waals surface area contributed by atoms with Gasteiger partial charge in [-0.15, -0.1) is 0 Å². The highest BCUT2D eigenvalue weighted by Crippen LogP contribution is 2.43. The van der Waals surface area contributed by atoms with E-state index in [0.29, 0.717) is 0 Å². The van der Waals surface area contributed by atoms with Crippen LogP contribution in [0.5, 0.6) is 0 Å². The Bertz CT molecular complexity index is 3690. The third-order valence-corrected chi connectivity index (χ3v) is 13.9. The van der Waals surface area contributed by atoms with Crippen LogP contribution in [-0.2, 0) is 19.5 Å². The highest BCUT2D eigenvalue weighted by Gasteiger charge is 2.22. The van der Waals surface area contributed by atoms with Gasteiger partial charge in [-0.2, -0.15) is 0 Å². The van der Waals surface area contributed by atoms with Crippen molar-refractivity contribution in [3.63, 3.8) is 0 Å². The van der Waals surface area contributed by atoms with Crippen LogP contribution in [0.25, 0.3) is 71.1 Å². The Morgan fingerprint density at radius 3 is 1.48 bits per heavy atom. The first kappa shape index (κ1) is 38.8. The molecule has 9 aromatic carbocycles. The summed E-state index contributed by atoms with van der Waals surface area (Å²) in [7, 11) is 0. The Morgan fingerprint density at radius 1 is 0.369 bits per heavy atom. The van der Waals surface area contributed by atoms with Gasteiger partial charge < -0.3 is 18.6 Å². The van der Waals surface area contributed by atoms with E-state index in [0.717, 1.165) is 48.7 Å². The first-order chi connectivity index (χ1) is 32.2. The average Bonchev–Trinajstić information content (AvgIpc) is 3.99. The predicted molar refractivity (Wildman–Crippen MR) is 276 cm³/mol. The van der Waals surface area contributed by atoms with E-state index in [4.69, 9.17) is 0 Å². The number of benzene rings is 9. The van der Waals surface area contributed by atoms with Gasteiger partial charge in [0, 0.05) is 96.1 Å². The van der Waals surface area contributed by atoms with Crippen molar-refractivity contribution >= 4 is 82.5 Å². The first-order valence-electron chi connectivity index (χ1n) is 23.2. The molecule has 0 N–H and O–H groups in total. The van der Waals surface area contributed by atoms with E-state index in [1.807, 2.05) is 0 Å². The minimum absolute atomic E-state index is 0.212. The third kappa shape index (κ3) is 6.51. The van der Waals surface area contributed by atoms with Crippen LogP contribution in [0.15, 0.2) is 212 Å². The smallest absolute Gasteiger partial charge is 0.0542 e. The zero-order valence-corrected chi connectivity index (χ0v) is 36.9. The van der Waals surface area contributed by atoms with E-state index in [-0.39, 0.29) is 5.92 Å². The fourth-order valence-electron chi connectivity index (χ4n) is 10.9. The number of aryl methyl sites for hydroxylation is 3. The standard InChI is InChI=1S/C61H50N4/c1-3-62-56-26-16-14-24-50(56)52-38-42(29-34-58(52)62)28-33-49(43-18-8-5-9-19-43)44-30-35-60-53(39-44)55-41-48(32-37-61(55)65(60)46-22-12-7-13-23-46)64(45-20-10-6-11-21-45)47-31-36-59-54(40-47)51-25-15-17-27-57(51)63(59)4-2/h5-27,29-32,34-41,49H,3-4,28,33H2,1-2H3. The number of aromatic nitrogens is 3. The molecule has 1 atom stereocenters. The molecule has 12 aromatic rings. The van der Waals surface area contributed by atoms with Crippen molar-refractivity contribution in [1.82, 2.24) is 13.7 Å². The predicted octanol–water partition coefficient (Wildman–Crippen LogP) is 16.3. The van der Waals surface area contributed by atoms with E-state index in [9.17, 15) is 0 Å². The molecule has 3 heterocycles. The van der Waals surface area contributed by atoms with Gasteiger partial charge in [-0.1, -0.05) is 115 Å². The molecule has 0 amide bonds. The van der Waals surface area contributed by atoms with Crippen LogP contribution in [0.1, 0.15) is 42.9 Å². The maximum absolute atomic E-state index is 2.50. The summed E-state index contributed by atoms with van der Waals surface area (Å²) < 4.78 is 7.31. The first-order valence-corrected chi connectivity index (χ1v) is 23.2. The van der Waals surface area contributed by atoms with Gasteiger partial charge in [-0.3, -0.25) is 0 Å². The van der Waals surface area contributed by atoms with Crippen LogP contribution in [0, 0.1) is 0 Å². The number of para-hydroxylation sites is 4. The average molecular weight is 839 g/mol. The summed E-state index contributed by atoms with van der Waals surface area (Å²) in [5.41, 5.74) is 16.2. The van der Waals surface area contributed by atoms with Crippen LogP contribution in [-0.4, -0.2) is 13.7 Å². The maximum atomic E-state index is 2.50. The van der Waals surface area contributed by atoms with Crippen LogP contribution >= 0.6 is 0 Å². The van der Waals surface area contributed by atoms with Gasteiger partial charge >= 0.3 is 0 Å². The molecule has 0 aliphatic rings. The lowest BCUT2D eigenvalue weighted by atomic mass is 9.85. The number of rotatable bonds is 11. The summed E-state index contributed by atoms with van der Waals surface area (Å²) in [5, 5.41) is 7.72. The number of nitrogens with zero attached hydrogens (tertiary/aromatic N) is 4. The van der Waals surface area contributed by atoms with Crippen LogP contribution < -0.4 is 4.90 Å². The number of hydrogen-bond acceptors (Lipinski definition) is 1. The molecule has 0 aliphatic heterocycles. The Morgan fingerprint density at radius 2 is 0.846 bits per heavy atom. The molecule has 0 spiro atoms. The number of anilines is 3. The Hall–Kier alpha value is -7.82. The molecule has 0 aliphatic carbocycles. The SMILES string of the molecule is CCn1c2ccccc2c2cc(CCC(c3ccccc3)c3ccc4c(c3)c3cc(N(c5ccccc5)c5ccc6c(c5)c5ccccc5n6CC)ccc3n4-c3ccccc3)ccc21. The third-order valence-electron chi connectivity index (χ3n) is 13.9. The zero-order valence-electron chi connectivity index (χ0n) is 36.9. The van der Waals surface area contributed by atoms with Crippen LogP contribution in [0.4, 0.5) is 17.1 Å². The lowest BCUT2D eigenvalue weighted by molar-refractivity contribution is 0.716. The maximum Gasteiger partial charge on any atom is 0.0542 e. The summed E-state index contributed by atoms with van der Waals surface area (Å²) in [6.07, 6.45) is 1.97. The summed E-state index contributed by atoms with van der Waals surface area (Å²) >= 11 is 0. The minimum atomic E-state index is 0.212. The highest BCUT2D eigenvalue weighted by atomic mass is 15.1. The fraction of sp³-hybridized carbons (Fsp3) is 0.115. The fourth-order valence-corrected chi connectivity index (χ4v) is 10.9. The molecule has 0 bridgehead atoms. The van der Waals surface area contributed by atoms with Crippen molar-refractivity contribution in [2.24, 2.45) is 0 Å². The monoisotopic (exact) mass is 838 g/mol. The van der Waals surface area contributed by atoms with Crippen molar-refractivity contribution in [1.29, 1.82) is 0 Å². The van der Waals surface area contributed by atoms with Crippen LogP contribution in [0.3, 0.4) is 0 Å². The van der Waals surface area contributed by atoms with E-state index in [1.54, 1.807) is 0 Å². The molecular weight excluding hydrogens is 789 g/mol. The van der Waals surface area contributed by atoms with Gasteiger partial charge in [0.1, 0.15) is 0 Å². The molecule has 0 saturated carbocycles. The highest BCUT2D eigenvalue weighted by molar-refractivity contribution is 6.12. The molecule has 12 rings (SSSR count). The largest absolute Gasteiger partial charge is 0.341 e. The molecule has 4 nitrogen and oxygen atoms in total. The van der Waals surface area contributed by atoms with Gasteiger partial charge in [-0.05, 0) is 140 Å². The van der Waals surface area contributed by atoms with Crippen molar-refractivity contribution in [2.75, 3.05) is 4.90 Å². The topological polar surface area (TPSA) is 18.0 Å². The molecule has 0 fully saturated rings. The quantitative estimate of drug-likeness (QED) is 0.127. The Balaban J connectivity index is 1.01. The summed E-state index contributed by atoms with van der Waals surface area (Å²) in [4.78, 5) is 2.42. The molecule has 0 radical (unpaired) electrons. The minimum Gasteiger partial charge on any atom is -0.341 e. The van der Waals surface area contributed by atoms with E-state index >= 15 is 0 Å². The van der Waals surface area contributed by atoms with Gasteiger partial charge in [0.15, 0.2) is 0 Å². The molecule has 65 heavy (non-hydrogen) atoms. The van der Waals surface area contributed by atoms with E-state index in [2.05, 4.69) is 245 Å². The van der Waals surface area contributed by atoms with E-state index in [1.165, 1.54) is 82.1 Å². The molecule has 1 unspecified atom stereocenters. The molecule has 4 heteroatoms. The van der Waals surface area contributed by atoms with Gasteiger partial charge in [0.05, 0.1) is 11.0 Å². The second kappa shape index (κ2) is 16.1. The van der Waals surface area contributed by atoms with Crippen LogP contribution in [0.2, 0.25) is 0 Å². The molecule has 314 valence electrons. The van der Waals surface area contributed by atoms with Gasteiger partial charge in [0.2, 0.25) is 0 Å². The van der Waals surface area contributed by atoms with Gasteiger partial charge in [0.25, 0.3) is 0 Å². The van der Waals surface area contributed by atoms with Gasteiger partial charge in [-0.25, -0.2) is 0 Å². The Labute approximate surface area is 379 Å². The second-order valence-electron chi connectivity index (χ2n) is 17.4. The van der Waals surface area contributed by atoms with E-state index < -0.39 is 0 Å². The summed E-state index contributed by atoms with van der Waals surface area (Å²) in [5.74, 6) is 0.212. The van der Waals surface area contributed by atoms with Crippen molar-refractivity contribution in [3.05, 3.63) is 229 Å². The van der Waals surface area contributed by atoms with Crippen molar-refractivity contribution in [3.8, 4) is 5.69 Å². The lowest BCUT2D eigenvalue weighted by Crippen LogP contribution is -2.09. The summed E-state index contributed by atoms with van der Waals surface area (Å²) in [6, 6.07) is 78.9. The normalized spacial score (nSPS) is 12.3. The summed E-state index contributed by atoms with van der Waals surface area (Å²) in [6.45, 7) is 6.35.